The van der Waals surface area contributed by atoms with Gasteiger partial charge >= 0.3 is 0 Å². The summed E-state index contributed by atoms with van der Waals surface area (Å²) in [5, 5.41) is 10.6. The molecule has 2 aromatic carbocycles. The van der Waals surface area contributed by atoms with Crippen LogP contribution in [0.15, 0.2) is 48.5 Å². The molecular weight excluding hydrogens is 326 g/mol. The summed E-state index contributed by atoms with van der Waals surface area (Å²) in [6.45, 7) is 1.90. The van der Waals surface area contributed by atoms with Gasteiger partial charge in [0.25, 0.3) is 5.91 Å². The monoisotopic (exact) mass is 341 g/mol. The third-order valence-electron chi connectivity index (χ3n) is 3.64. The first-order chi connectivity index (χ1) is 11.6. The van der Waals surface area contributed by atoms with Crippen molar-refractivity contribution in [1.29, 1.82) is 0 Å². The van der Waals surface area contributed by atoms with Crippen molar-refractivity contribution in [3.8, 4) is 16.9 Å². The fraction of sp³-hybridized carbons (Fsp3) is 0.111. The Hall–Kier alpha value is -2.79. The Morgan fingerprint density at radius 1 is 1.21 bits per heavy atom. The summed E-state index contributed by atoms with van der Waals surface area (Å²) in [5.74, 6) is 0.921. The second-order valence-electron chi connectivity index (χ2n) is 5.27. The number of methoxy groups -OCH3 is 1. The average Bonchev–Trinajstić information content (AvgIpc) is 2.95. The van der Waals surface area contributed by atoms with E-state index in [2.05, 4.69) is 15.5 Å². The van der Waals surface area contributed by atoms with E-state index in [1.807, 2.05) is 25.1 Å². The minimum atomic E-state index is -0.243. The van der Waals surface area contributed by atoms with Crippen LogP contribution in [0, 0.1) is 6.92 Å². The van der Waals surface area contributed by atoms with Gasteiger partial charge in [-0.25, -0.2) is 0 Å². The minimum absolute atomic E-state index is 0.243. The number of nitrogens with zero attached hydrogens (tertiary/aromatic N) is 1. The maximum absolute atomic E-state index is 12.4. The third kappa shape index (κ3) is 3.26. The second-order valence-corrected chi connectivity index (χ2v) is 5.70. The molecule has 0 spiro atoms. The van der Waals surface area contributed by atoms with Crippen LogP contribution in [0.2, 0.25) is 5.02 Å². The molecule has 0 aliphatic heterocycles. The van der Waals surface area contributed by atoms with Crippen molar-refractivity contribution in [3.05, 3.63) is 64.8 Å². The summed E-state index contributed by atoms with van der Waals surface area (Å²) in [6, 6.07) is 14.3. The number of ether oxygens (including phenoxy) is 1. The van der Waals surface area contributed by atoms with Gasteiger partial charge in [-0.3, -0.25) is 9.89 Å². The van der Waals surface area contributed by atoms with Crippen LogP contribution in [0.4, 0.5) is 5.82 Å². The first-order valence-corrected chi connectivity index (χ1v) is 7.72. The van der Waals surface area contributed by atoms with E-state index in [-0.39, 0.29) is 5.91 Å². The lowest BCUT2D eigenvalue weighted by Crippen LogP contribution is -2.12. The Labute approximate surface area is 144 Å². The Morgan fingerprint density at radius 2 is 1.96 bits per heavy atom. The lowest BCUT2D eigenvalue weighted by Gasteiger charge is -2.07. The van der Waals surface area contributed by atoms with Crippen molar-refractivity contribution >= 4 is 23.3 Å². The van der Waals surface area contributed by atoms with E-state index < -0.39 is 0 Å². The van der Waals surface area contributed by atoms with Crippen molar-refractivity contribution in [2.45, 2.75) is 6.92 Å². The highest BCUT2D eigenvalue weighted by Gasteiger charge is 2.16. The summed E-state index contributed by atoms with van der Waals surface area (Å²) < 4.78 is 5.10. The van der Waals surface area contributed by atoms with Gasteiger partial charge in [-0.05, 0) is 48.9 Å². The number of anilines is 1. The summed E-state index contributed by atoms with van der Waals surface area (Å²) in [4.78, 5) is 12.4. The average molecular weight is 342 g/mol. The van der Waals surface area contributed by atoms with Gasteiger partial charge in [-0.2, -0.15) is 5.10 Å². The molecule has 3 aromatic rings. The Morgan fingerprint density at radius 3 is 2.62 bits per heavy atom. The van der Waals surface area contributed by atoms with Crippen molar-refractivity contribution < 1.29 is 9.53 Å². The molecule has 0 aliphatic rings. The predicted octanol–water partition coefficient (Wildman–Crippen LogP) is 4.30. The molecular formula is C18H16ClN3O2. The van der Waals surface area contributed by atoms with Crippen LogP contribution in [-0.2, 0) is 0 Å². The quantitative estimate of drug-likeness (QED) is 0.743. The number of carbonyl (C=O) groups is 1. The zero-order valence-corrected chi connectivity index (χ0v) is 14.0. The molecule has 1 amide bonds. The molecule has 122 valence electrons. The molecule has 2 N–H and O–H groups in total. The van der Waals surface area contributed by atoms with Gasteiger partial charge in [0.2, 0.25) is 0 Å². The van der Waals surface area contributed by atoms with E-state index in [1.165, 1.54) is 0 Å². The van der Waals surface area contributed by atoms with Crippen LogP contribution >= 0.6 is 11.6 Å². The highest BCUT2D eigenvalue weighted by atomic mass is 35.5. The van der Waals surface area contributed by atoms with Crippen LogP contribution < -0.4 is 10.1 Å². The van der Waals surface area contributed by atoms with Crippen LogP contribution in [0.1, 0.15) is 16.1 Å². The fourth-order valence-electron chi connectivity index (χ4n) is 2.44. The lowest BCUT2D eigenvalue weighted by molar-refractivity contribution is 0.102. The van der Waals surface area contributed by atoms with Crippen LogP contribution in [0.25, 0.3) is 11.1 Å². The van der Waals surface area contributed by atoms with E-state index in [4.69, 9.17) is 16.3 Å². The first kappa shape index (κ1) is 16.1. The number of carbonyl (C=O) groups excluding carboxylic acids is 1. The number of H-pyrrole nitrogens is 1. The number of hydrogen-bond donors (Lipinski definition) is 2. The standard InChI is InChI=1S/C18H16ClN3O2/c1-11-16(13-4-3-5-14(19)10-13)17(22-21-11)20-18(23)12-6-8-15(24-2)9-7-12/h3-10H,1-2H3,(H2,20,21,22,23). The zero-order valence-electron chi connectivity index (χ0n) is 13.3. The molecule has 1 aromatic heterocycles. The summed E-state index contributed by atoms with van der Waals surface area (Å²) >= 11 is 6.07. The number of amides is 1. The Kier molecular flexibility index (Phi) is 4.53. The molecule has 6 heteroatoms. The molecule has 0 radical (unpaired) electrons. The van der Waals surface area contributed by atoms with Gasteiger partial charge in [-0.15, -0.1) is 0 Å². The third-order valence-corrected chi connectivity index (χ3v) is 3.88. The summed E-state index contributed by atoms with van der Waals surface area (Å²) in [5.41, 5.74) is 3.08. The minimum Gasteiger partial charge on any atom is -0.497 e. The maximum atomic E-state index is 12.4. The number of hydrogen-bond acceptors (Lipinski definition) is 3. The van der Waals surface area contributed by atoms with Gasteiger partial charge in [0.05, 0.1) is 7.11 Å². The zero-order chi connectivity index (χ0) is 17.1. The number of aromatic amines is 1. The van der Waals surface area contributed by atoms with E-state index in [1.54, 1.807) is 37.4 Å². The normalized spacial score (nSPS) is 10.5. The largest absolute Gasteiger partial charge is 0.497 e. The molecule has 24 heavy (non-hydrogen) atoms. The lowest BCUT2D eigenvalue weighted by atomic mass is 10.1. The molecule has 0 bridgehead atoms. The molecule has 0 atom stereocenters. The van der Waals surface area contributed by atoms with E-state index >= 15 is 0 Å². The van der Waals surface area contributed by atoms with Gasteiger partial charge < -0.3 is 10.1 Å². The molecule has 0 unspecified atom stereocenters. The van der Waals surface area contributed by atoms with Gasteiger partial charge in [0.15, 0.2) is 5.82 Å². The molecule has 0 saturated heterocycles. The van der Waals surface area contributed by atoms with E-state index in [9.17, 15) is 4.79 Å². The molecule has 0 saturated carbocycles. The molecule has 0 fully saturated rings. The SMILES string of the molecule is COc1ccc(C(=O)Nc2n[nH]c(C)c2-c2cccc(Cl)c2)cc1. The topological polar surface area (TPSA) is 67.0 Å². The van der Waals surface area contributed by atoms with Crippen LogP contribution in [0.5, 0.6) is 5.75 Å². The smallest absolute Gasteiger partial charge is 0.256 e. The van der Waals surface area contributed by atoms with E-state index in [0.717, 1.165) is 16.8 Å². The van der Waals surface area contributed by atoms with Crippen molar-refractivity contribution in [3.63, 3.8) is 0 Å². The highest BCUT2D eigenvalue weighted by molar-refractivity contribution is 6.30. The maximum Gasteiger partial charge on any atom is 0.256 e. The van der Waals surface area contributed by atoms with Crippen molar-refractivity contribution in [2.24, 2.45) is 0 Å². The van der Waals surface area contributed by atoms with Crippen molar-refractivity contribution in [2.75, 3.05) is 12.4 Å². The first-order valence-electron chi connectivity index (χ1n) is 7.35. The number of rotatable bonds is 4. The second kappa shape index (κ2) is 6.76. The number of aryl methyl sites for hydroxylation is 1. The fourth-order valence-corrected chi connectivity index (χ4v) is 2.63. The molecule has 3 rings (SSSR count). The number of benzene rings is 2. The predicted molar refractivity (Wildman–Crippen MR) is 94.7 cm³/mol. The molecule has 1 heterocycles. The molecule has 0 aliphatic carbocycles. The van der Waals surface area contributed by atoms with E-state index in [0.29, 0.717) is 22.2 Å². The van der Waals surface area contributed by atoms with Gasteiger partial charge in [0, 0.05) is 21.8 Å². The van der Waals surface area contributed by atoms with Gasteiger partial charge in [-0.1, -0.05) is 23.7 Å². The number of aromatic nitrogens is 2. The van der Waals surface area contributed by atoms with Crippen LogP contribution in [0.3, 0.4) is 0 Å². The van der Waals surface area contributed by atoms with Crippen molar-refractivity contribution in [1.82, 2.24) is 10.2 Å². The van der Waals surface area contributed by atoms with Gasteiger partial charge in [0.1, 0.15) is 5.75 Å². The van der Waals surface area contributed by atoms with Crippen LogP contribution in [-0.4, -0.2) is 23.2 Å². The summed E-state index contributed by atoms with van der Waals surface area (Å²) in [6.07, 6.45) is 0. The Bertz CT molecular complexity index is 872. The molecule has 5 nitrogen and oxygen atoms in total. The number of halogens is 1. The Balaban J connectivity index is 1.89. The summed E-state index contributed by atoms with van der Waals surface area (Å²) in [7, 11) is 1.58. The number of nitrogens with one attached hydrogen (secondary N) is 2. The highest BCUT2D eigenvalue weighted by Crippen LogP contribution is 2.31.